The number of aliphatic hydroxyl groups excluding tert-OH is 1. The van der Waals surface area contributed by atoms with Crippen LogP contribution in [0.2, 0.25) is 5.02 Å². The Labute approximate surface area is 209 Å². The quantitative estimate of drug-likeness (QED) is 0.602. The average Bonchev–Trinajstić information content (AvgIpc) is 3.31. The summed E-state index contributed by atoms with van der Waals surface area (Å²) in [4.78, 5) is 17.3. The van der Waals surface area contributed by atoms with E-state index >= 15 is 0 Å². The van der Waals surface area contributed by atoms with Gasteiger partial charge in [0.25, 0.3) is 0 Å². The maximum atomic E-state index is 10.1. The van der Waals surface area contributed by atoms with Gasteiger partial charge in [-0.3, -0.25) is 0 Å². The highest BCUT2D eigenvalue weighted by atomic mass is 35.5. The van der Waals surface area contributed by atoms with Crippen LogP contribution in [0.15, 0.2) is 22.2 Å². The van der Waals surface area contributed by atoms with Gasteiger partial charge in [-0.15, -0.1) is 0 Å². The van der Waals surface area contributed by atoms with Crippen LogP contribution in [-0.2, 0) is 16.1 Å². The minimum atomic E-state index is -0.151. The van der Waals surface area contributed by atoms with Gasteiger partial charge in [0, 0.05) is 50.0 Å². The molecule has 2 N–H and O–H groups in total. The molecule has 1 spiro atoms. The number of anilines is 2. The van der Waals surface area contributed by atoms with Crippen molar-refractivity contribution in [2.45, 2.75) is 61.6 Å². The molecule has 34 heavy (non-hydrogen) atoms. The van der Waals surface area contributed by atoms with E-state index in [1.54, 1.807) is 6.20 Å². The van der Waals surface area contributed by atoms with Crippen molar-refractivity contribution in [1.29, 1.82) is 0 Å². The lowest BCUT2D eigenvalue weighted by Gasteiger charge is -2.39. The van der Waals surface area contributed by atoms with Gasteiger partial charge >= 0.3 is 0 Å². The Morgan fingerprint density at radius 1 is 1.18 bits per heavy atom. The highest BCUT2D eigenvalue weighted by molar-refractivity contribution is 7.99. The number of hydrogen-bond acceptors (Lipinski definition) is 9. The van der Waals surface area contributed by atoms with E-state index in [0.717, 1.165) is 93.1 Å². The number of hydrogen-bond donors (Lipinski definition) is 2. The van der Waals surface area contributed by atoms with E-state index in [1.807, 2.05) is 13.0 Å². The molecule has 0 unspecified atom stereocenters. The molecule has 0 amide bonds. The molecule has 5 heterocycles. The molecule has 3 saturated heterocycles. The summed E-state index contributed by atoms with van der Waals surface area (Å²) < 4.78 is 11.1. The monoisotopic (exact) mass is 505 g/mol. The zero-order valence-electron chi connectivity index (χ0n) is 19.6. The fraction of sp³-hybridized carbons (Fsp3) is 0.625. The molecule has 0 aromatic carbocycles. The lowest BCUT2D eigenvalue weighted by molar-refractivity contribution is 0.0904. The van der Waals surface area contributed by atoms with Crippen LogP contribution < -0.4 is 10.2 Å². The van der Waals surface area contributed by atoms with E-state index in [0.29, 0.717) is 28.0 Å². The minimum Gasteiger partial charge on any atom is -0.390 e. The SMILES string of the molecule is Cc1nc(N2CCC3(CCOC3)CC2)c(CO)nc1Sc1ccnc(NC2CCOCC2)c1Cl. The number of aliphatic hydroxyl groups is 1. The summed E-state index contributed by atoms with van der Waals surface area (Å²) in [6, 6.07) is 2.20. The maximum absolute atomic E-state index is 10.1. The van der Waals surface area contributed by atoms with Gasteiger partial charge in [0.2, 0.25) is 0 Å². The number of nitrogens with zero attached hydrogens (tertiary/aromatic N) is 4. The van der Waals surface area contributed by atoms with E-state index in [-0.39, 0.29) is 6.61 Å². The van der Waals surface area contributed by atoms with E-state index in [4.69, 9.17) is 31.0 Å². The third kappa shape index (κ3) is 5.14. The van der Waals surface area contributed by atoms with Gasteiger partial charge in [0.05, 0.1) is 23.9 Å². The largest absolute Gasteiger partial charge is 0.390 e. The van der Waals surface area contributed by atoms with Gasteiger partial charge < -0.3 is 24.8 Å². The van der Waals surface area contributed by atoms with Crippen LogP contribution in [0.3, 0.4) is 0 Å². The number of rotatable bonds is 6. The first-order valence-electron chi connectivity index (χ1n) is 12.0. The second-order valence-corrected chi connectivity index (χ2v) is 10.8. The third-order valence-electron chi connectivity index (χ3n) is 7.16. The summed E-state index contributed by atoms with van der Waals surface area (Å²) in [6.07, 6.45) is 6.95. The van der Waals surface area contributed by atoms with Gasteiger partial charge in [0.1, 0.15) is 16.5 Å². The van der Waals surface area contributed by atoms with Gasteiger partial charge in [0.15, 0.2) is 5.82 Å². The fourth-order valence-corrected chi connectivity index (χ4v) is 6.12. The first kappa shape index (κ1) is 24.1. The Morgan fingerprint density at radius 3 is 2.68 bits per heavy atom. The van der Waals surface area contributed by atoms with Gasteiger partial charge in [-0.25, -0.2) is 15.0 Å². The standard InChI is InChI=1S/C24H32ClN5O3S/c1-16-23(34-19-2-8-26-21(20(19)25)28-17-3-11-32-12-4-17)29-18(14-31)22(27-16)30-9-5-24(6-10-30)7-13-33-15-24/h2,8,17,31H,3-7,9-15H2,1H3,(H,26,28). The topological polar surface area (TPSA) is 92.6 Å². The van der Waals surface area contributed by atoms with E-state index < -0.39 is 0 Å². The molecule has 8 nitrogen and oxygen atoms in total. The van der Waals surface area contributed by atoms with Crippen molar-refractivity contribution in [2.75, 3.05) is 49.7 Å². The lowest BCUT2D eigenvalue weighted by atomic mass is 9.78. The number of aryl methyl sites for hydroxylation is 1. The van der Waals surface area contributed by atoms with E-state index in [2.05, 4.69) is 15.2 Å². The zero-order chi connectivity index (χ0) is 23.5. The molecule has 0 aliphatic carbocycles. The van der Waals surface area contributed by atoms with Crippen molar-refractivity contribution in [2.24, 2.45) is 5.41 Å². The molecule has 0 saturated carbocycles. The minimum absolute atomic E-state index is 0.151. The second kappa shape index (κ2) is 10.5. The molecular formula is C24H32ClN5O3S. The van der Waals surface area contributed by atoms with Gasteiger partial charge in [-0.1, -0.05) is 23.4 Å². The van der Waals surface area contributed by atoms with Crippen molar-refractivity contribution in [3.8, 4) is 0 Å². The molecule has 0 radical (unpaired) electrons. The average molecular weight is 506 g/mol. The normalized spacial score (nSPS) is 20.7. The Morgan fingerprint density at radius 2 is 1.97 bits per heavy atom. The van der Waals surface area contributed by atoms with Crippen molar-refractivity contribution in [3.05, 3.63) is 28.7 Å². The highest BCUT2D eigenvalue weighted by Crippen LogP contribution is 2.41. The molecule has 10 heteroatoms. The molecule has 3 aliphatic rings. The molecule has 0 atom stereocenters. The molecule has 2 aromatic rings. The fourth-order valence-electron chi connectivity index (χ4n) is 4.96. The number of aromatic nitrogens is 3. The van der Waals surface area contributed by atoms with E-state index in [9.17, 15) is 5.11 Å². The van der Waals surface area contributed by atoms with Crippen LogP contribution in [0.25, 0.3) is 0 Å². The van der Waals surface area contributed by atoms with Crippen LogP contribution in [-0.4, -0.2) is 65.6 Å². The Hall–Kier alpha value is -1.65. The van der Waals surface area contributed by atoms with Crippen molar-refractivity contribution in [1.82, 2.24) is 15.0 Å². The summed E-state index contributed by atoms with van der Waals surface area (Å²) in [5.41, 5.74) is 1.76. The van der Waals surface area contributed by atoms with Crippen LogP contribution in [0.4, 0.5) is 11.6 Å². The molecule has 0 bridgehead atoms. The zero-order valence-corrected chi connectivity index (χ0v) is 21.1. The molecule has 3 aliphatic heterocycles. The van der Waals surface area contributed by atoms with Gasteiger partial charge in [-0.2, -0.15) is 0 Å². The first-order chi connectivity index (χ1) is 16.6. The Balaban J connectivity index is 1.32. The highest BCUT2D eigenvalue weighted by Gasteiger charge is 2.38. The Kier molecular flexibility index (Phi) is 7.46. The molecule has 184 valence electrons. The summed E-state index contributed by atoms with van der Waals surface area (Å²) in [5, 5.41) is 14.9. The molecule has 3 fully saturated rings. The van der Waals surface area contributed by atoms with Crippen molar-refractivity contribution in [3.63, 3.8) is 0 Å². The summed E-state index contributed by atoms with van der Waals surface area (Å²) in [6.45, 7) is 6.88. The Bertz CT molecular complexity index is 1000. The van der Waals surface area contributed by atoms with Crippen molar-refractivity contribution >= 4 is 35.0 Å². The van der Waals surface area contributed by atoms with E-state index in [1.165, 1.54) is 11.8 Å². The lowest BCUT2D eigenvalue weighted by Crippen LogP contribution is -2.41. The van der Waals surface area contributed by atoms with Crippen LogP contribution in [0.5, 0.6) is 0 Å². The number of halogens is 1. The number of piperidine rings is 1. The first-order valence-corrected chi connectivity index (χ1v) is 13.2. The summed E-state index contributed by atoms with van der Waals surface area (Å²) in [5.74, 6) is 1.47. The number of ether oxygens (including phenoxy) is 2. The molecular weight excluding hydrogens is 474 g/mol. The summed E-state index contributed by atoms with van der Waals surface area (Å²) >= 11 is 8.18. The maximum Gasteiger partial charge on any atom is 0.153 e. The van der Waals surface area contributed by atoms with Crippen LogP contribution in [0.1, 0.15) is 43.5 Å². The molecule has 2 aromatic heterocycles. The molecule has 5 rings (SSSR count). The second-order valence-electron chi connectivity index (χ2n) is 9.44. The van der Waals surface area contributed by atoms with Crippen LogP contribution >= 0.6 is 23.4 Å². The summed E-state index contributed by atoms with van der Waals surface area (Å²) in [7, 11) is 0. The third-order valence-corrected chi connectivity index (χ3v) is 8.79. The van der Waals surface area contributed by atoms with Gasteiger partial charge in [-0.05, 0) is 50.5 Å². The number of pyridine rings is 1. The smallest absolute Gasteiger partial charge is 0.153 e. The van der Waals surface area contributed by atoms with Crippen LogP contribution in [0, 0.1) is 12.3 Å². The number of nitrogens with one attached hydrogen (secondary N) is 1. The van der Waals surface area contributed by atoms with Crippen molar-refractivity contribution < 1.29 is 14.6 Å². The predicted octanol–water partition coefficient (Wildman–Crippen LogP) is 4.07. The predicted molar refractivity (Wildman–Crippen MR) is 133 cm³/mol.